The summed E-state index contributed by atoms with van der Waals surface area (Å²) in [6.07, 6.45) is -3.21. The molecular formula is C17H12ClF3N2O. The molecule has 0 unspecified atom stereocenters. The summed E-state index contributed by atoms with van der Waals surface area (Å²) >= 11 is 5.80. The van der Waals surface area contributed by atoms with Crippen LogP contribution in [-0.4, -0.2) is 16.9 Å². The zero-order valence-corrected chi connectivity index (χ0v) is 13.3. The first-order chi connectivity index (χ1) is 11.4. The fourth-order valence-corrected chi connectivity index (χ4v) is 2.42. The maximum absolute atomic E-state index is 13.3. The van der Waals surface area contributed by atoms with E-state index < -0.39 is 11.9 Å². The molecule has 124 valence electrons. The van der Waals surface area contributed by atoms with Crippen molar-refractivity contribution in [3.05, 3.63) is 65.4 Å². The number of rotatable bonds is 3. The predicted molar refractivity (Wildman–Crippen MR) is 85.6 cm³/mol. The maximum Gasteiger partial charge on any atom is 0.435 e. The van der Waals surface area contributed by atoms with Crippen LogP contribution in [0.5, 0.6) is 5.75 Å². The number of nitrogens with zero attached hydrogens (tertiary/aromatic N) is 2. The van der Waals surface area contributed by atoms with Crippen LogP contribution >= 0.6 is 11.6 Å². The molecule has 3 rings (SSSR count). The van der Waals surface area contributed by atoms with Crippen molar-refractivity contribution >= 4 is 11.6 Å². The average Bonchev–Trinajstić information content (AvgIpc) is 3.01. The molecule has 0 amide bonds. The van der Waals surface area contributed by atoms with Crippen LogP contribution in [0.15, 0.2) is 54.7 Å². The highest BCUT2D eigenvalue weighted by atomic mass is 35.5. The largest absolute Gasteiger partial charge is 0.497 e. The summed E-state index contributed by atoms with van der Waals surface area (Å²) in [6.45, 7) is 0. The topological polar surface area (TPSA) is 27.1 Å². The molecule has 3 aromatic rings. The first-order valence-electron chi connectivity index (χ1n) is 6.96. The fourth-order valence-electron chi connectivity index (χ4n) is 2.29. The van der Waals surface area contributed by atoms with Crippen LogP contribution in [0, 0.1) is 0 Å². The summed E-state index contributed by atoms with van der Waals surface area (Å²) in [6, 6.07) is 12.7. The second kappa shape index (κ2) is 6.20. The Hall–Kier alpha value is -2.47. The molecule has 0 fully saturated rings. The van der Waals surface area contributed by atoms with E-state index in [1.165, 1.54) is 30.1 Å². The summed E-state index contributed by atoms with van der Waals surface area (Å²) in [5.41, 5.74) is -0.0522. The molecule has 0 N–H and O–H groups in total. The molecule has 2 aromatic carbocycles. The van der Waals surface area contributed by atoms with E-state index in [0.29, 0.717) is 22.0 Å². The summed E-state index contributed by atoms with van der Waals surface area (Å²) in [4.78, 5) is 0. The van der Waals surface area contributed by atoms with E-state index in [-0.39, 0.29) is 5.56 Å². The SMILES string of the molecule is COc1ccc(-n2cc(-c3ccc(Cl)cc3)c(C(F)(F)F)n2)cc1. The van der Waals surface area contributed by atoms with Crippen molar-refractivity contribution in [2.75, 3.05) is 7.11 Å². The van der Waals surface area contributed by atoms with Crippen LogP contribution in [0.3, 0.4) is 0 Å². The number of methoxy groups -OCH3 is 1. The van der Waals surface area contributed by atoms with Gasteiger partial charge in [0.25, 0.3) is 0 Å². The number of halogens is 4. The number of aromatic nitrogens is 2. The number of benzene rings is 2. The second-order valence-electron chi connectivity index (χ2n) is 5.04. The summed E-state index contributed by atoms with van der Waals surface area (Å²) in [5, 5.41) is 4.18. The van der Waals surface area contributed by atoms with E-state index in [1.807, 2.05) is 0 Å². The summed E-state index contributed by atoms with van der Waals surface area (Å²) in [7, 11) is 1.52. The van der Waals surface area contributed by atoms with Gasteiger partial charge in [-0.15, -0.1) is 0 Å². The fraction of sp³-hybridized carbons (Fsp3) is 0.118. The minimum absolute atomic E-state index is 0.00464. The molecule has 0 saturated heterocycles. The van der Waals surface area contributed by atoms with E-state index in [9.17, 15) is 13.2 Å². The first-order valence-corrected chi connectivity index (χ1v) is 7.33. The van der Waals surface area contributed by atoms with Crippen LogP contribution in [0.25, 0.3) is 16.8 Å². The third-order valence-electron chi connectivity index (χ3n) is 3.47. The van der Waals surface area contributed by atoms with Gasteiger partial charge in [-0.3, -0.25) is 0 Å². The van der Waals surface area contributed by atoms with Gasteiger partial charge < -0.3 is 4.74 Å². The van der Waals surface area contributed by atoms with Gasteiger partial charge in [0.05, 0.1) is 12.8 Å². The monoisotopic (exact) mass is 352 g/mol. The van der Waals surface area contributed by atoms with Gasteiger partial charge in [0.15, 0.2) is 5.69 Å². The lowest BCUT2D eigenvalue weighted by Crippen LogP contribution is -2.08. The first kappa shape index (κ1) is 16.4. The Balaban J connectivity index is 2.10. The maximum atomic E-state index is 13.3. The number of hydrogen-bond donors (Lipinski definition) is 0. The Labute approximate surface area is 141 Å². The van der Waals surface area contributed by atoms with E-state index >= 15 is 0 Å². The molecule has 1 aromatic heterocycles. The van der Waals surface area contributed by atoms with Gasteiger partial charge in [-0.1, -0.05) is 23.7 Å². The van der Waals surface area contributed by atoms with Crippen molar-refractivity contribution in [2.45, 2.75) is 6.18 Å². The van der Waals surface area contributed by atoms with Crippen molar-refractivity contribution in [1.82, 2.24) is 9.78 Å². The zero-order chi connectivity index (χ0) is 17.3. The molecule has 0 bridgehead atoms. The molecule has 3 nitrogen and oxygen atoms in total. The normalized spacial score (nSPS) is 11.5. The molecule has 0 radical (unpaired) electrons. The molecule has 0 aliphatic carbocycles. The van der Waals surface area contributed by atoms with E-state index in [2.05, 4.69) is 5.10 Å². The molecule has 0 atom stereocenters. The Morgan fingerprint density at radius 1 is 1.00 bits per heavy atom. The Morgan fingerprint density at radius 3 is 2.17 bits per heavy atom. The zero-order valence-electron chi connectivity index (χ0n) is 12.5. The van der Waals surface area contributed by atoms with Crippen LogP contribution < -0.4 is 4.74 Å². The molecule has 0 saturated carbocycles. The van der Waals surface area contributed by atoms with Crippen LogP contribution in [0.4, 0.5) is 13.2 Å². The van der Waals surface area contributed by atoms with Crippen molar-refractivity contribution in [3.8, 4) is 22.6 Å². The Bertz CT molecular complexity index is 840. The molecule has 0 aliphatic rings. The number of ether oxygens (including phenoxy) is 1. The van der Waals surface area contributed by atoms with Gasteiger partial charge in [0, 0.05) is 16.8 Å². The van der Waals surface area contributed by atoms with E-state index in [1.54, 1.807) is 36.4 Å². The van der Waals surface area contributed by atoms with Crippen molar-refractivity contribution < 1.29 is 17.9 Å². The lowest BCUT2D eigenvalue weighted by molar-refractivity contribution is -0.140. The van der Waals surface area contributed by atoms with Crippen molar-refractivity contribution in [2.24, 2.45) is 0 Å². The third kappa shape index (κ3) is 3.23. The quantitative estimate of drug-likeness (QED) is 0.646. The summed E-state index contributed by atoms with van der Waals surface area (Å²) in [5.74, 6) is 0.611. The Kier molecular flexibility index (Phi) is 4.24. The smallest absolute Gasteiger partial charge is 0.435 e. The van der Waals surface area contributed by atoms with Gasteiger partial charge in [-0.25, -0.2) is 4.68 Å². The highest BCUT2D eigenvalue weighted by Crippen LogP contribution is 2.37. The lowest BCUT2D eigenvalue weighted by Gasteiger charge is -2.06. The van der Waals surface area contributed by atoms with Crippen LogP contribution in [0.2, 0.25) is 5.02 Å². The van der Waals surface area contributed by atoms with Crippen molar-refractivity contribution in [1.29, 1.82) is 0 Å². The molecule has 0 spiro atoms. The van der Waals surface area contributed by atoms with Crippen LogP contribution in [-0.2, 0) is 6.18 Å². The van der Waals surface area contributed by atoms with Gasteiger partial charge in [0.1, 0.15) is 5.75 Å². The number of alkyl halides is 3. The van der Waals surface area contributed by atoms with Gasteiger partial charge in [-0.2, -0.15) is 18.3 Å². The standard InChI is InChI=1S/C17H12ClF3N2O/c1-24-14-8-6-13(7-9-14)23-10-15(16(22-23)17(19,20)21)11-2-4-12(18)5-3-11/h2-10H,1H3. The minimum atomic E-state index is -4.56. The van der Waals surface area contributed by atoms with Gasteiger partial charge in [-0.05, 0) is 42.0 Å². The molecular weight excluding hydrogens is 341 g/mol. The van der Waals surface area contributed by atoms with Crippen LogP contribution in [0.1, 0.15) is 5.69 Å². The second-order valence-corrected chi connectivity index (χ2v) is 5.48. The highest BCUT2D eigenvalue weighted by Gasteiger charge is 2.37. The molecule has 0 aliphatic heterocycles. The highest BCUT2D eigenvalue weighted by molar-refractivity contribution is 6.30. The van der Waals surface area contributed by atoms with E-state index in [0.717, 1.165) is 0 Å². The molecule has 24 heavy (non-hydrogen) atoms. The molecule has 7 heteroatoms. The average molecular weight is 353 g/mol. The third-order valence-corrected chi connectivity index (χ3v) is 3.73. The van der Waals surface area contributed by atoms with Gasteiger partial charge >= 0.3 is 6.18 Å². The molecule has 1 heterocycles. The Morgan fingerprint density at radius 2 is 1.62 bits per heavy atom. The predicted octanol–water partition coefficient (Wildman–Crippen LogP) is 5.22. The van der Waals surface area contributed by atoms with Gasteiger partial charge in [0.2, 0.25) is 0 Å². The van der Waals surface area contributed by atoms with E-state index in [4.69, 9.17) is 16.3 Å². The lowest BCUT2D eigenvalue weighted by atomic mass is 10.1. The number of hydrogen-bond acceptors (Lipinski definition) is 2. The van der Waals surface area contributed by atoms with Crippen molar-refractivity contribution in [3.63, 3.8) is 0 Å². The minimum Gasteiger partial charge on any atom is -0.497 e. The summed E-state index contributed by atoms with van der Waals surface area (Å²) < 4.78 is 46.3.